The molecule has 0 radical (unpaired) electrons. The van der Waals surface area contributed by atoms with Crippen molar-refractivity contribution >= 4 is 69.7 Å². The molecule has 12 rings (SSSR count). The van der Waals surface area contributed by atoms with Gasteiger partial charge in [0, 0.05) is 53.2 Å². The molecule has 4 heterocycles. The van der Waals surface area contributed by atoms with E-state index in [-0.39, 0.29) is 0 Å². The molecular formula is C52H32N4OS. The minimum Gasteiger partial charge on any atom is -0.456 e. The number of fused-ring (bicyclic) bond motifs is 9. The predicted molar refractivity (Wildman–Crippen MR) is 239 cm³/mol. The summed E-state index contributed by atoms with van der Waals surface area (Å²) < 4.78 is 9.05. The van der Waals surface area contributed by atoms with Crippen molar-refractivity contribution in [3.63, 3.8) is 0 Å². The Kier molecular flexibility index (Phi) is 7.46. The second-order valence-electron chi connectivity index (χ2n) is 14.9. The third-order valence-corrected chi connectivity index (χ3v) is 12.6. The number of hydrogen-bond acceptors (Lipinski definition) is 6. The number of aromatic nitrogens is 4. The Morgan fingerprint density at radius 2 is 1.10 bits per heavy atom. The molecule has 0 spiro atoms. The molecule has 0 amide bonds. The van der Waals surface area contributed by atoms with Gasteiger partial charge in [0.1, 0.15) is 11.3 Å². The summed E-state index contributed by atoms with van der Waals surface area (Å²) in [6, 6.07) is 57.4. The molecule has 272 valence electrons. The molecule has 0 saturated carbocycles. The smallest absolute Gasteiger partial charge is 0.167 e. The van der Waals surface area contributed by atoms with Gasteiger partial charge in [0.15, 0.2) is 17.5 Å². The van der Waals surface area contributed by atoms with Crippen molar-refractivity contribution in [3.8, 4) is 45.2 Å². The first-order chi connectivity index (χ1) is 28.7. The van der Waals surface area contributed by atoms with Crippen molar-refractivity contribution in [2.24, 2.45) is 0 Å². The van der Waals surface area contributed by atoms with Crippen LogP contribution in [0.4, 0.5) is 0 Å². The quantitative estimate of drug-likeness (QED) is 0.175. The highest BCUT2D eigenvalue weighted by Crippen LogP contribution is 2.43. The van der Waals surface area contributed by atoms with Gasteiger partial charge in [-0.1, -0.05) is 146 Å². The van der Waals surface area contributed by atoms with Crippen molar-refractivity contribution in [3.05, 3.63) is 187 Å². The molecule has 0 atom stereocenters. The summed E-state index contributed by atoms with van der Waals surface area (Å²) in [5, 5.41) is 7.13. The second-order valence-corrected chi connectivity index (χ2v) is 15.9. The maximum atomic E-state index is 6.49. The summed E-state index contributed by atoms with van der Waals surface area (Å²) in [5.74, 6) is 2.71. The van der Waals surface area contributed by atoms with Crippen molar-refractivity contribution in [1.29, 1.82) is 0 Å². The van der Waals surface area contributed by atoms with E-state index in [4.69, 9.17) is 24.4 Å². The van der Waals surface area contributed by atoms with Gasteiger partial charge >= 0.3 is 0 Å². The largest absolute Gasteiger partial charge is 0.456 e. The second kappa shape index (κ2) is 13.2. The molecule has 4 aromatic heterocycles. The van der Waals surface area contributed by atoms with E-state index in [9.17, 15) is 0 Å². The third kappa shape index (κ3) is 5.37. The fourth-order valence-corrected chi connectivity index (χ4v) is 9.78. The van der Waals surface area contributed by atoms with E-state index < -0.39 is 0 Å². The van der Waals surface area contributed by atoms with Crippen LogP contribution < -0.4 is 0 Å². The number of pyridine rings is 1. The number of thiophene rings is 1. The lowest BCUT2D eigenvalue weighted by Gasteiger charge is -2.14. The lowest BCUT2D eigenvalue weighted by molar-refractivity contribution is 0.590. The Bertz CT molecular complexity index is 3450. The van der Waals surface area contributed by atoms with Crippen LogP contribution in [0.25, 0.3) is 104 Å². The maximum absolute atomic E-state index is 6.49. The van der Waals surface area contributed by atoms with E-state index in [1.165, 1.54) is 36.5 Å². The van der Waals surface area contributed by atoms with Crippen LogP contribution in [-0.2, 0) is 6.42 Å². The SMILES string of the molecule is C1=C(c2nc(-c3ccc(-c4ccc(-c5nc6ccccc6c6sc7ccccc7c56)cc4)cc3)nc(-c3ccc4ccccc4c3)n2)c2oc3ccccc3c2CC1. The maximum Gasteiger partial charge on any atom is 0.167 e. The Balaban J connectivity index is 0.931. The van der Waals surface area contributed by atoms with Crippen LogP contribution in [0, 0.1) is 0 Å². The molecule has 6 heteroatoms. The van der Waals surface area contributed by atoms with Gasteiger partial charge in [-0.15, -0.1) is 11.3 Å². The van der Waals surface area contributed by atoms with Crippen molar-refractivity contribution in [2.75, 3.05) is 0 Å². The van der Waals surface area contributed by atoms with E-state index in [1.807, 2.05) is 23.5 Å². The first-order valence-corrected chi connectivity index (χ1v) is 20.4. The molecule has 0 bridgehead atoms. The van der Waals surface area contributed by atoms with Gasteiger partial charge in [-0.2, -0.15) is 0 Å². The van der Waals surface area contributed by atoms with Gasteiger partial charge in [-0.3, -0.25) is 0 Å². The summed E-state index contributed by atoms with van der Waals surface area (Å²) in [6.45, 7) is 0. The lowest BCUT2D eigenvalue weighted by Crippen LogP contribution is -2.06. The first-order valence-electron chi connectivity index (χ1n) is 19.6. The summed E-state index contributed by atoms with van der Waals surface area (Å²) in [5.41, 5.74) is 10.2. The summed E-state index contributed by atoms with van der Waals surface area (Å²) in [7, 11) is 0. The Morgan fingerprint density at radius 1 is 0.483 bits per heavy atom. The number of para-hydroxylation sites is 2. The molecule has 0 N–H and O–H groups in total. The Hall–Kier alpha value is -7.28. The van der Waals surface area contributed by atoms with Crippen molar-refractivity contribution < 1.29 is 4.42 Å². The van der Waals surface area contributed by atoms with Gasteiger partial charge in [0.2, 0.25) is 0 Å². The van der Waals surface area contributed by atoms with Crippen LogP contribution in [-0.4, -0.2) is 19.9 Å². The van der Waals surface area contributed by atoms with Gasteiger partial charge in [0.05, 0.1) is 16.8 Å². The van der Waals surface area contributed by atoms with Crippen LogP contribution in [0.1, 0.15) is 23.6 Å². The lowest BCUT2D eigenvalue weighted by atomic mass is 9.95. The molecular weight excluding hydrogens is 729 g/mol. The van der Waals surface area contributed by atoms with Gasteiger partial charge in [-0.25, -0.2) is 19.9 Å². The van der Waals surface area contributed by atoms with E-state index in [0.717, 1.165) is 79.6 Å². The number of hydrogen-bond donors (Lipinski definition) is 0. The van der Waals surface area contributed by atoms with Crippen LogP contribution >= 0.6 is 11.3 Å². The molecule has 0 fully saturated rings. The number of nitrogens with zero attached hydrogens (tertiary/aromatic N) is 4. The number of rotatable bonds is 5. The zero-order chi connectivity index (χ0) is 38.2. The minimum absolute atomic E-state index is 0.614. The highest BCUT2D eigenvalue weighted by atomic mass is 32.1. The molecule has 1 aliphatic rings. The molecule has 5 nitrogen and oxygen atoms in total. The van der Waals surface area contributed by atoms with Gasteiger partial charge in [-0.05, 0) is 59.0 Å². The standard InChI is InChI=1S/C52H32N4OS/c1-2-11-36-30-37(29-24-31(36)10-1)51-54-50(55-52(56-51)42-16-9-15-39-38-12-4-7-18-44(38)57-48(39)42)35-27-22-33(23-28-35)32-20-25-34(26-21-32)47-46-41-14-5-8-19-45(41)58-49(46)40-13-3-6-17-43(40)53-47/h1-8,10-14,16-30H,9,15H2. The van der Waals surface area contributed by atoms with Crippen LogP contribution in [0.5, 0.6) is 0 Å². The molecule has 0 aliphatic heterocycles. The number of aryl methyl sites for hydroxylation is 1. The topological polar surface area (TPSA) is 64.7 Å². The average Bonchev–Trinajstić information content (AvgIpc) is 3.88. The number of benzene rings is 7. The normalized spacial score (nSPS) is 12.8. The van der Waals surface area contributed by atoms with E-state index >= 15 is 0 Å². The molecule has 58 heavy (non-hydrogen) atoms. The zero-order valence-electron chi connectivity index (χ0n) is 31.2. The molecule has 0 unspecified atom stereocenters. The van der Waals surface area contributed by atoms with Crippen LogP contribution in [0.2, 0.25) is 0 Å². The fourth-order valence-electron chi connectivity index (χ4n) is 8.54. The first kappa shape index (κ1) is 32.9. The predicted octanol–water partition coefficient (Wildman–Crippen LogP) is 13.7. The van der Waals surface area contributed by atoms with Crippen molar-refractivity contribution in [2.45, 2.75) is 12.8 Å². The molecule has 0 saturated heterocycles. The van der Waals surface area contributed by atoms with E-state index in [2.05, 4.69) is 158 Å². The van der Waals surface area contributed by atoms with Gasteiger partial charge < -0.3 is 4.42 Å². The third-order valence-electron chi connectivity index (χ3n) is 11.4. The Labute approximate surface area is 337 Å². The average molecular weight is 761 g/mol. The number of allylic oxidation sites excluding steroid dienone is 1. The van der Waals surface area contributed by atoms with Crippen LogP contribution in [0.15, 0.2) is 174 Å². The van der Waals surface area contributed by atoms with Gasteiger partial charge in [0.25, 0.3) is 0 Å². The van der Waals surface area contributed by atoms with Crippen LogP contribution in [0.3, 0.4) is 0 Å². The summed E-state index contributed by atoms with van der Waals surface area (Å²) in [4.78, 5) is 20.6. The highest BCUT2D eigenvalue weighted by molar-refractivity contribution is 7.26. The van der Waals surface area contributed by atoms with E-state index in [0.29, 0.717) is 17.5 Å². The monoisotopic (exact) mass is 760 g/mol. The highest BCUT2D eigenvalue weighted by Gasteiger charge is 2.25. The van der Waals surface area contributed by atoms with Crippen molar-refractivity contribution in [1.82, 2.24) is 19.9 Å². The molecule has 11 aromatic rings. The fraction of sp³-hybridized carbons (Fsp3) is 0.0385. The molecule has 7 aromatic carbocycles. The summed E-state index contributed by atoms with van der Waals surface area (Å²) in [6.07, 6.45) is 4.01. The van der Waals surface area contributed by atoms with E-state index in [1.54, 1.807) is 0 Å². The minimum atomic E-state index is 0.614. The Morgan fingerprint density at radius 3 is 1.93 bits per heavy atom. The zero-order valence-corrected chi connectivity index (χ0v) is 32.0. The molecule has 1 aliphatic carbocycles. The summed E-state index contributed by atoms with van der Waals surface area (Å²) >= 11 is 1.84. The number of furan rings is 1.